The van der Waals surface area contributed by atoms with Crippen molar-refractivity contribution in [1.29, 1.82) is 0 Å². The first-order valence-corrected chi connectivity index (χ1v) is 6.78. The molecule has 2 rings (SSSR count). The molecule has 1 saturated heterocycles. The molecule has 0 bridgehead atoms. The molecular formula is C16H20O5. The molecule has 1 aromatic carbocycles. The quantitative estimate of drug-likeness (QED) is 0.631. The van der Waals surface area contributed by atoms with Gasteiger partial charge in [0.05, 0.1) is 25.9 Å². The number of carbonyl (C=O) groups excluding carboxylic acids is 2. The summed E-state index contributed by atoms with van der Waals surface area (Å²) in [5.41, 5.74) is -1.56. The Kier molecular flexibility index (Phi) is 4.05. The second-order valence-corrected chi connectivity index (χ2v) is 5.62. The minimum Gasteiger partial charge on any atom is -0.468 e. The average molecular weight is 292 g/mol. The molecule has 1 aliphatic heterocycles. The SMILES string of the molecule is COC(=O)C1(C(=O)OC)C[C@H](c2ccccc2)OC1(C)C. The smallest absolute Gasteiger partial charge is 0.326 e. The lowest BCUT2D eigenvalue weighted by molar-refractivity contribution is -0.180. The first kappa shape index (κ1) is 15.5. The highest BCUT2D eigenvalue weighted by atomic mass is 16.6. The number of methoxy groups -OCH3 is 2. The summed E-state index contributed by atoms with van der Waals surface area (Å²) in [7, 11) is 2.53. The standard InChI is InChI=1S/C16H20O5/c1-15(2)16(13(17)19-3,14(18)20-4)10-12(21-15)11-8-6-5-7-9-11/h5-9,12H,10H2,1-4H3/t12-/m1/s1. The molecule has 0 unspecified atom stereocenters. The van der Waals surface area contributed by atoms with Crippen molar-refractivity contribution in [1.82, 2.24) is 0 Å². The van der Waals surface area contributed by atoms with Crippen molar-refractivity contribution in [3.8, 4) is 0 Å². The van der Waals surface area contributed by atoms with Crippen LogP contribution in [0.25, 0.3) is 0 Å². The molecule has 1 heterocycles. The van der Waals surface area contributed by atoms with Gasteiger partial charge in [-0.3, -0.25) is 9.59 Å². The zero-order valence-electron chi connectivity index (χ0n) is 12.7. The van der Waals surface area contributed by atoms with Crippen LogP contribution in [0.2, 0.25) is 0 Å². The molecule has 1 fully saturated rings. The monoisotopic (exact) mass is 292 g/mol. The summed E-state index contributed by atoms with van der Waals surface area (Å²) in [5, 5.41) is 0. The molecule has 1 aliphatic rings. The normalized spacial score (nSPS) is 22.6. The summed E-state index contributed by atoms with van der Waals surface area (Å²) < 4.78 is 15.7. The fraction of sp³-hybridized carbons (Fsp3) is 0.500. The fourth-order valence-corrected chi connectivity index (χ4v) is 2.97. The van der Waals surface area contributed by atoms with Gasteiger partial charge in [-0.15, -0.1) is 0 Å². The number of benzene rings is 1. The van der Waals surface area contributed by atoms with Crippen molar-refractivity contribution in [2.45, 2.75) is 32.0 Å². The van der Waals surface area contributed by atoms with Crippen LogP contribution in [-0.2, 0) is 23.8 Å². The van der Waals surface area contributed by atoms with Crippen molar-refractivity contribution >= 4 is 11.9 Å². The molecule has 0 aromatic heterocycles. The molecule has 1 aromatic rings. The Bertz CT molecular complexity index is 519. The largest absolute Gasteiger partial charge is 0.468 e. The molecular weight excluding hydrogens is 272 g/mol. The van der Waals surface area contributed by atoms with Gasteiger partial charge < -0.3 is 14.2 Å². The van der Waals surface area contributed by atoms with Gasteiger partial charge in [0.25, 0.3) is 0 Å². The van der Waals surface area contributed by atoms with Gasteiger partial charge in [-0.1, -0.05) is 30.3 Å². The second kappa shape index (κ2) is 5.48. The van der Waals surface area contributed by atoms with Gasteiger partial charge >= 0.3 is 11.9 Å². The van der Waals surface area contributed by atoms with Gasteiger partial charge in [0, 0.05) is 6.42 Å². The molecule has 5 nitrogen and oxygen atoms in total. The highest BCUT2D eigenvalue weighted by Crippen LogP contribution is 2.53. The van der Waals surface area contributed by atoms with Gasteiger partial charge in [0.2, 0.25) is 0 Å². The molecule has 0 aliphatic carbocycles. The molecule has 1 atom stereocenters. The van der Waals surface area contributed by atoms with Gasteiger partial charge in [0.1, 0.15) is 0 Å². The number of ether oxygens (including phenoxy) is 3. The van der Waals surface area contributed by atoms with Crippen LogP contribution in [0.3, 0.4) is 0 Å². The third kappa shape index (κ3) is 2.31. The van der Waals surface area contributed by atoms with Crippen molar-refractivity contribution < 1.29 is 23.8 Å². The molecule has 21 heavy (non-hydrogen) atoms. The van der Waals surface area contributed by atoms with Crippen LogP contribution >= 0.6 is 0 Å². The Hall–Kier alpha value is -1.88. The highest BCUT2D eigenvalue weighted by Gasteiger charge is 2.66. The maximum atomic E-state index is 12.3. The van der Waals surface area contributed by atoms with E-state index < -0.39 is 23.0 Å². The molecule has 5 heteroatoms. The highest BCUT2D eigenvalue weighted by molar-refractivity contribution is 6.02. The molecule has 0 radical (unpaired) electrons. The Labute approximate surface area is 124 Å². The predicted molar refractivity (Wildman–Crippen MR) is 75.4 cm³/mol. The van der Waals surface area contributed by atoms with E-state index in [0.29, 0.717) is 0 Å². The van der Waals surface area contributed by atoms with E-state index in [1.807, 2.05) is 30.3 Å². The summed E-state index contributed by atoms with van der Waals surface area (Å²) in [6.07, 6.45) is -0.164. The average Bonchev–Trinajstić information content (AvgIpc) is 2.79. The number of rotatable bonds is 3. The summed E-state index contributed by atoms with van der Waals surface area (Å²) in [5.74, 6) is -1.25. The lowest BCUT2D eigenvalue weighted by Gasteiger charge is -2.34. The van der Waals surface area contributed by atoms with Crippen LogP contribution in [0.5, 0.6) is 0 Å². The van der Waals surface area contributed by atoms with Gasteiger partial charge in [-0.05, 0) is 19.4 Å². The van der Waals surface area contributed by atoms with E-state index in [4.69, 9.17) is 14.2 Å². The second-order valence-electron chi connectivity index (χ2n) is 5.62. The van der Waals surface area contributed by atoms with Crippen LogP contribution in [0.4, 0.5) is 0 Å². The molecule has 114 valence electrons. The number of hydrogen-bond donors (Lipinski definition) is 0. The van der Waals surface area contributed by atoms with Crippen LogP contribution in [0, 0.1) is 5.41 Å². The Morgan fingerprint density at radius 2 is 1.62 bits per heavy atom. The number of carbonyl (C=O) groups is 2. The number of hydrogen-bond acceptors (Lipinski definition) is 5. The number of esters is 2. The molecule has 0 amide bonds. The van der Waals surface area contributed by atoms with E-state index in [-0.39, 0.29) is 12.5 Å². The van der Waals surface area contributed by atoms with E-state index in [0.717, 1.165) is 5.56 Å². The molecule has 0 spiro atoms. The predicted octanol–water partition coefficient (Wildman–Crippen LogP) is 2.26. The lowest BCUT2D eigenvalue weighted by atomic mass is 9.72. The summed E-state index contributed by atoms with van der Waals surface area (Å²) in [4.78, 5) is 24.7. The summed E-state index contributed by atoms with van der Waals surface area (Å²) in [6, 6.07) is 9.50. The van der Waals surface area contributed by atoms with Gasteiger partial charge in [-0.25, -0.2) is 0 Å². The van der Waals surface area contributed by atoms with Crippen molar-refractivity contribution in [2.75, 3.05) is 14.2 Å². The van der Waals surface area contributed by atoms with Gasteiger partial charge in [0.15, 0.2) is 5.41 Å². The third-order valence-corrected chi connectivity index (χ3v) is 4.20. The first-order chi connectivity index (χ1) is 9.89. The van der Waals surface area contributed by atoms with Gasteiger partial charge in [-0.2, -0.15) is 0 Å². The van der Waals surface area contributed by atoms with E-state index in [1.54, 1.807) is 13.8 Å². The summed E-state index contributed by atoms with van der Waals surface area (Å²) >= 11 is 0. The van der Waals surface area contributed by atoms with E-state index in [2.05, 4.69) is 0 Å². The maximum absolute atomic E-state index is 12.3. The van der Waals surface area contributed by atoms with E-state index in [1.165, 1.54) is 14.2 Å². The topological polar surface area (TPSA) is 61.8 Å². The van der Waals surface area contributed by atoms with Crippen molar-refractivity contribution in [3.05, 3.63) is 35.9 Å². The Balaban J connectivity index is 2.46. The minimum atomic E-state index is -1.46. The molecule has 0 saturated carbocycles. The van der Waals surface area contributed by atoms with E-state index >= 15 is 0 Å². The van der Waals surface area contributed by atoms with Crippen LogP contribution in [0.1, 0.15) is 31.9 Å². The van der Waals surface area contributed by atoms with Crippen molar-refractivity contribution in [2.24, 2.45) is 5.41 Å². The fourth-order valence-electron chi connectivity index (χ4n) is 2.97. The molecule has 0 N–H and O–H groups in total. The van der Waals surface area contributed by atoms with E-state index in [9.17, 15) is 9.59 Å². The van der Waals surface area contributed by atoms with Crippen LogP contribution in [-0.4, -0.2) is 31.8 Å². The van der Waals surface area contributed by atoms with Crippen molar-refractivity contribution in [3.63, 3.8) is 0 Å². The zero-order chi connectivity index (χ0) is 15.7. The minimum absolute atomic E-state index is 0.198. The maximum Gasteiger partial charge on any atom is 0.326 e. The Morgan fingerprint density at radius 3 is 2.10 bits per heavy atom. The van der Waals surface area contributed by atoms with Crippen LogP contribution in [0.15, 0.2) is 30.3 Å². The van der Waals surface area contributed by atoms with Crippen LogP contribution < -0.4 is 0 Å². The zero-order valence-corrected chi connectivity index (χ0v) is 12.7. The summed E-state index contributed by atoms with van der Waals surface area (Å²) in [6.45, 7) is 3.42. The third-order valence-electron chi connectivity index (χ3n) is 4.20. The first-order valence-electron chi connectivity index (χ1n) is 6.78. The Morgan fingerprint density at radius 1 is 1.10 bits per heavy atom. The lowest BCUT2D eigenvalue weighted by Crippen LogP contribution is -2.53.